The summed E-state index contributed by atoms with van der Waals surface area (Å²) >= 11 is 0. The van der Waals surface area contributed by atoms with Crippen molar-refractivity contribution in [1.29, 1.82) is 0 Å². The molecule has 0 atom stereocenters. The summed E-state index contributed by atoms with van der Waals surface area (Å²) < 4.78 is 11.2. The van der Waals surface area contributed by atoms with Crippen molar-refractivity contribution in [1.82, 2.24) is 0 Å². The first-order valence-electron chi connectivity index (χ1n) is 15.0. The predicted molar refractivity (Wildman–Crippen MR) is 157 cm³/mol. The summed E-state index contributed by atoms with van der Waals surface area (Å²) in [6.07, 6.45) is 20.0. The molecular formula is C34H48O3. The normalized spacial score (nSPS) is 11.3. The first-order chi connectivity index (χ1) is 18.3. The van der Waals surface area contributed by atoms with Gasteiger partial charge in [0.2, 0.25) is 0 Å². The van der Waals surface area contributed by atoms with E-state index >= 15 is 0 Å². The Balaban J connectivity index is 1.12. The number of carbonyl (C=O) groups excluding carboxylic acids is 1. The second-order valence-electron chi connectivity index (χ2n) is 10.4. The number of ether oxygens (including phenoxy) is 2. The van der Waals surface area contributed by atoms with Crippen molar-refractivity contribution in [3.8, 4) is 5.75 Å². The van der Waals surface area contributed by atoms with Crippen molar-refractivity contribution in [2.75, 3.05) is 13.2 Å². The zero-order valence-corrected chi connectivity index (χ0v) is 23.1. The fourth-order valence-corrected chi connectivity index (χ4v) is 5.15. The molecule has 0 aliphatic rings. The van der Waals surface area contributed by atoms with Gasteiger partial charge in [-0.3, -0.25) is 4.79 Å². The number of rotatable bonds is 20. The van der Waals surface area contributed by atoms with Gasteiger partial charge in [-0.05, 0) is 54.1 Å². The van der Waals surface area contributed by atoms with E-state index in [2.05, 4.69) is 54.6 Å². The Morgan fingerprint density at radius 1 is 0.595 bits per heavy atom. The largest absolute Gasteiger partial charge is 0.493 e. The fourth-order valence-electron chi connectivity index (χ4n) is 5.15. The number of carbonyl (C=O) groups is 1. The summed E-state index contributed by atoms with van der Waals surface area (Å²) in [4.78, 5) is 11.3. The summed E-state index contributed by atoms with van der Waals surface area (Å²) in [6.45, 7) is 3.17. The molecule has 3 aromatic carbocycles. The smallest absolute Gasteiger partial charge is 0.305 e. The third-order valence-corrected chi connectivity index (χ3v) is 7.29. The Kier molecular flexibility index (Phi) is 14.0. The molecule has 3 heteroatoms. The lowest BCUT2D eigenvalue weighted by atomic mass is 10.0. The molecule has 0 saturated heterocycles. The van der Waals surface area contributed by atoms with E-state index in [0.29, 0.717) is 13.0 Å². The molecule has 3 nitrogen and oxygen atoms in total. The van der Waals surface area contributed by atoms with Gasteiger partial charge in [0.25, 0.3) is 0 Å². The van der Waals surface area contributed by atoms with Crippen LogP contribution in [0, 0.1) is 0 Å². The van der Waals surface area contributed by atoms with E-state index in [9.17, 15) is 4.79 Å². The molecule has 0 fully saturated rings. The van der Waals surface area contributed by atoms with Gasteiger partial charge in [0, 0.05) is 11.8 Å². The summed E-state index contributed by atoms with van der Waals surface area (Å²) in [5.41, 5.74) is 0. The molecule has 202 valence electrons. The minimum atomic E-state index is -0.0394. The summed E-state index contributed by atoms with van der Waals surface area (Å²) in [5, 5.41) is 5.01. The van der Waals surface area contributed by atoms with Crippen LogP contribution in [0.4, 0.5) is 0 Å². The van der Waals surface area contributed by atoms with Crippen molar-refractivity contribution in [2.45, 2.75) is 110 Å². The van der Waals surface area contributed by atoms with Crippen molar-refractivity contribution in [3.63, 3.8) is 0 Å². The van der Waals surface area contributed by atoms with Crippen LogP contribution in [0.1, 0.15) is 110 Å². The maximum Gasteiger partial charge on any atom is 0.305 e. The quantitative estimate of drug-likeness (QED) is 0.0872. The highest BCUT2D eigenvalue weighted by atomic mass is 16.5. The highest BCUT2D eigenvalue weighted by Crippen LogP contribution is 2.30. The van der Waals surface area contributed by atoms with Crippen LogP contribution in [0.3, 0.4) is 0 Å². The predicted octanol–water partition coefficient (Wildman–Crippen LogP) is 10.2. The Morgan fingerprint density at radius 3 is 1.70 bits per heavy atom. The molecule has 0 amide bonds. The number of benzene rings is 3. The van der Waals surface area contributed by atoms with Crippen LogP contribution in [-0.2, 0) is 9.53 Å². The third-order valence-electron chi connectivity index (χ3n) is 7.29. The Bertz CT molecular complexity index is 1040. The Labute approximate surface area is 224 Å². The van der Waals surface area contributed by atoms with E-state index in [1.54, 1.807) is 0 Å². The summed E-state index contributed by atoms with van der Waals surface area (Å²) in [5.74, 6) is 0.972. The molecule has 3 aromatic rings. The second kappa shape index (κ2) is 17.8. The molecule has 0 bridgehead atoms. The Hall–Kier alpha value is -2.55. The lowest BCUT2D eigenvalue weighted by Gasteiger charge is -2.10. The molecule has 0 radical (unpaired) electrons. The standard InChI is InChI=1S/C34H48O3/c1-2-36-34(35)25-16-14-12-10-8-6-4-3-5-7-9-11-13-15-19-26-37-33-24-20-23-31-27-29-21-17-18-22-30(29)28-32(31)33/h17-18,20-24,27-28H,2-16,19,25-26H2,1H3. The van der Waals surface area contributed by atoms with Gasteiger partial charge < -0.3 is 9.47 Å². The van der Waals surface area contributed by atoms with E-state index in [4.69, 9.17) is 9.47 Å². The highest BCUT2D eigenvalue weighted by molar-refractivity contribution is 6.00. The number of esters is 1. The molecule has 0 aliphatic carbocycles. The first-order valence-corrected chi connectivity index (χ1v) is 15.0. The van der Waals surface area contributed by atoms with Crippen LogP contribution < -0.4 is 4.74 Å². The maximum absolute atomic E-state index is 11.3. The first kappa shape index (κ1) is 29.0. The summed E-state index contributed by atoms with van der Waals surface area (Å²) in [7, 11) is 0. The van der Waals surface area contributed by atoms with E-state index in [-0.39, 0.29) is 5.97 Å². The van der Waals surface area contributed by atoms with Crippen molar-refractivity contribution in [2.24, 2.45) is 0 Å². The van der Waals surface area contributed by atoms with Gasteiger partial charge in [-0.1, -0.05) is 120 Å². The van der Waals surface area contributed by atoms with Crippen LogP contribution in [0.15, 0.2) is 54.6 Å². The van der Waals surface area contributed by atoms with Gasteiger partial charge in [-0.2, -0.15) is 0 Å². The zero-order valence-electron chi connectivity index (χ0n) is 23.1. The SMILES string of the molecule is CCOC(=O)CCCCCCCCCCCCCCCCCOc1cccc2cc3ccccc3cc12. The van der Waals surface area contributed by atoms with E-state index < -0.39 is 0 Å². The Morgan fingerprint density at radius 2 is 1.11 bits per heavy atom. The van der Waals surface area contributed by atoms with Crippen LogP contribution in [0.25, 0.3) is 21.5 Å². The van der Waals surface area contributed by atoms with Crippen molar-refractivity contribution < 1.29 is 14.3 Å². The van der Waals surface area contributed by atoms with Gasteiger partial charge in [-0.25, -0.2) is 0 Å². The van der Waals surface area contributed by atoms with Gasteiger partial charge in [0.15, 0.2) is 0 Å². The molecular weight excluding hydrogens is 456 g/mol. The fraction of sp³-hybridized carbons (Fsp3) is 0.559. The van der Waals surface area contributed by atoms with Crippen molar-refractivity contribution >= 4 is 27.5 Å². The zero-order chi connectivity index (χ0) is 26.0. The minimum Gasteiger partial charge on any atom is -0.493 e. The molecule has 0 spiro atoms. The minimum absolute atomic E-state index is 0.0394. The molecule has 0 aromatic heterocycles. The maximum atomic E-state index is 11.3. The number of hydrogen-bond acceptors (Lipinski definition) is 3. The van der Waals surface area contributed by atoms with Gasteiger partial charge in [0.1, 0.15) is 5.75 Å². The molecule has 0 aliphatic heterocycles. The second-order valence-corrected chi connectivity index (χ2v) is 10.4. The monoisotopic (exact) mass is 504 g/mol. The molecule has 0 heterocycles. The lowest BCUT2D eigenvalue weighted by molar-refractivity contribution is -0.143. The van der Waals surface area contributed by atoms with Gasteiger partial charge in [-0.15, -0.1) is 0 Å². The topological polar surface area (TPSA) is 35.5 Å². The van der Waals surface area contributed by atoms with E-state index in [1.807, 2.05) is 6.92 Å². The van der Waals surface area contributed by atoms with Gasteiger partial charge >= 0.3 is 5.97 Å². The third kappa shape index (κ3) is 11.2. The number of hydrogen-bond donors (Lipinski definition) is 0. The van der Waals surface area contributed by atoms with E-state index in [0.717, 1.165) is 31.6 Å². The average Bonchev–Trinajstić information content (AvgIpc) is 2.91. The molecule has 3 rings (SSSR count). The molecule has 0 N–H and O–H groups in total. The average molecular weight is 505 g/mol. The molecule has 37 heavy (non-hydrogen) atoms. The van der Waals surface area contributed by atoms with E-state index in [1.165, 1.54) is 98.6 Å². The van der Waals surface area contributed by atoms with Crippen LogP contribution in [0.2, 0.25) is 0 Å². The lowest BCUT2D eigenvalue weighted by Crippen LogP contribution is -2.03. The molecule has 0 unspecified atom stereocenters. The number of unbranched alkanes of at least 4 members (excludes halogenated alkanes) is 14. The van der Waals surface area contributed by atoms with Crippen LogP contribution in [-0.4, -0.2) is 19.2 Å². The molecule has 0 saturated carbocycles. The number of fused-ring (bicyclic) bond motifs is 2. The highest BCUT2D eigenvalue weighted by Gasteiger charge is 2.04. The summed E-state index contributed by atoms with van der Waals surface area (Å²) in [6, 6.07) is 19.4. The van der Waals surface area contributed by atoms with Crippen LogP contribution >= 0.6 is 0 Å². The van der Waals surface area contributed by atoms with Gasteiger partial charge in [0.05, 0.1) is 13.2 Å². The van der Waals surface area contributed by atoms with Crippen LogP contribution in [0.5, 0.6) is 5.75 Å². The van der Waals surface area contributed by atoms with Crippen molar-refractivity contribution in [3.05, 3.63) is 54.6 Å².